The second kappa shape index (κ2) is 4.36. The first-order valence-electron chi connectivity index (χ1n) is 5.03. The maximum Gasteiger partial charge on any atom is 0.194 e. The topological polar surface area (TPSA) is 52.0 Å². The van der Waals surface area contributed by atoms with Gasteiger partial charge in [0.1, 0.15) is 6.26 Å². The molecule has 3 nitrogen and oxygen atoms in total. The highest BCUT2D eigenvalue weighted by molar-refractivity contribution is 7.99. The van der Waals surface area contributed by atoms with Crippen LogP contribution in [0.15, 0.2) is 10.7 Å². The molecule has 2 atom stereocenters. The molecule has 1 fully saturated rings. The number of nitrogens with two attached hydrogens (primary N) is 1. The molecule has 4 heteroatoms. The molecule has 2 N–H and O–H groups in total. The zero-order valence-corrected chi connectivity index (χ0v) is 9.22. The van der Waals surface area contributed by atoms with Gasteiger partial charge in [-0.1, -0.05) is 0 Å². The Hall–Kier alpha value is -0.480. The Labute approximate surface area is 88.5 Å². The number of hydrogen-bond acceptors (Lipinski definition) is 4. The van der Waals surface area contributed by atoms with E-state index < -0.39 is 0 Å². The van der Waals surface area contributed by atoms with Crippen LogP contribution in [0.1, 0.15) is 31.0 Å². The Morgan fingerprint density at radius 3 is 3.21 bits per heavy atom. The molecule has 1 saturated heterocycles. The van der Waals surface area contributed by atoms with Gasteiger partial charge in [0.2, 0.25) is 0 Å². The van der Waals surface area contributed by atoms with Gasteiger partial charge in [0.05, 0.1) is 5.69 Å². The van der Waals surface area contributed by atoms with Crippen LogP contribution in [0.5, 0.6) is 0 Å². The van der Waals surface area contributed by atoms with E-state index in [2.05, 4.69) is 4.98 Å². The number of oxazole rings is 1. The van der Waals surface area contributed by atoms with E-state index in [0.717, 1.165) is 23.9 Å². The SMILES string of the molecule is CC(N)c1coc(CC2CCSC2)n1. The van der Waals surface area contributed by atoms with Gasteiger partial charge in [-0.05, 0) is 30.8 Å². The van der Waals surface area contributed by atoms with Gasteiger partial charge in [-0.2, -0.15) is 11.8 Å². The van der Waals surface area contributed by atoms with Crippen LogP contribution in [-0.4, -0.2) is 16.5 Å². The summed E-state index contributed by atoms with van der Waals surface area (Å²) in [5.41, 5.74) is 6.57. The van der Waals surface area contributed by atoms with E-state index >= 15 is 0 Å². The smallest absolute Gasteiger partial charge is 0.194 e. The number of aromatic nitrogens is 1. The van der Waals surface area contributed by atoms with Crippen molar-refractivity contribution in [2.24, 2.45) is 11.7 Å². The summed E-state index contributed by atoms with van der Waals surface area (Å²) in [4.78, 5) is 4.37. The lowest BCUT2D eigenvalue weighted by Crippen LogP contribution is -2.06. The number of nitrogens with zero attached hydrogens (tertiary/aromatic N) is 1. The largest absolute Gasteiger partial charge is 0.449 e. The first-order valence-corrected chi connectivity index (χ1v) is 6.19. The van der Waals surface area contributed by atoms with E-state index in [1.54, 1.807) is 6.26 Å². The van der Waals surface area contributed by atoms with Crippen LogP contribution in [-0.2, 0) is 6.42 Å². The van der Waals surface area contributed by atoms with Crippen molar-refractivity contribution in [3.05, 3.63) is 17.8 Å². The molecule has 78 valence electrons. The fourth-order valence-corrected chi connectivity index (χ4v) is 2.90. The van der Waals surface area contributed by atoms with E-state index in [-0.39, 0.29) is 6.04 Å². The van der Waals surface area contributed by atoms with Gasteiger partial charge < -0.3 is 10.2 Å². The quantitative estimate of drug-likeness (QED) is 0.832. The molecule has 0 saturated carbocycles. The van der Waals surface area contributed by atoms with Crippen molar-refractivity contribution in [1.82, 2.24) is 4.98 Å². The summed E-state index contributed by atoms with van der Waals surface area (Å²) in [5.74, 6) is 4.13. The van der Waals surface area contributed by atoms with Crippen molar-refractivity contribution >= 4 is 11.8 Å². The Morgan fingerprint density at radius 1 is 1.79 bits per heavy atom. The third kappa shape index (κ3) is 2.30. The fraction of sp³-hybridized carbons (Fsp3) is 0.700. The van der Waals surface area contributed by atoms with Gasteiger partial charge in [0.25, 0.3) is 0 Å². The molecular formula is C10H16N2OS. The van der Waals surface area contributed by atoms with Crippen LogP contribution >= 0.6 is 11.8 Å². The summed E-state index contributed by atoms with van der Waals surface area (Å²) in [6, 6.07) is -0.0227. The van der Waals surface area contributed by atoms with Crippen molar-refractivity contribution in [2.75, 3.05) is 11.5 Å². The summed E-state index contributed by atoms with van der Waals surface area (Å²) in [6.45, 7) is 1.92. The lowest BCUT2D eigenvalue weighted by molar-refractivity contribution is 0.447. The van der Waals surface area contributed by atoms with Gasteiger partial charge in [-0.15, -0.1) is 0 Å². The normalized spacial score (nSPS) is 24.0. The van der Waals surface area contributed by atoms with Crippen molar-refractivity contribution in [3.8, 4) is 0 Å². The molecule has 0 spiro atoms. The van der Waals surface area contributed by atoms with E-state index in [9.17, 15) is 0 Å². The highest BCUT2D eigenvalue weighted by atomic mass is 32.2. The van der Waals surface area contributed by atoms with Crippen LogP contribution in [0, 0.1) is 5.92 Å². The van der Waals surface area contributed by atoms with Gasteiger partial charge in [-0.3, -0.25) is 0 Å². The van der Waals surface area contributed by atoms with Gasteiger partial charge in [0.15, 0.2) is 5.89 Å². The summed E-state index contributed by atoms with van der Waals surface area (Å²) < 4.78 is 5.39. The molecule has 14 heavy (non-hydrogen) atoms. The third-order valence-electron chi connectivity index (χ3n) is 2.52. The number of thioether (sulfide) groups is 1. The van der Waals surface area contributed by atoms with Crippen molar-refractivity contribution in [3.63, 3.8) is 0 Å². The van der Waals surface area contributed by atoms with Gasteiger partial charge in [-0.25, -0.2) is 4.98 Å². The lowest BCUT2D eigenvalue weighted by Gasteiger charge is -2.02. The van der Waals surface area contributed by atoms with E-state index in [1.807, 2.05) is 18.7 Å². The van der Waals surface area contributed by atoms with Crippen molar-refractivity contribution < 1.29 is 4.42 Å². The lowest BCUT2D eigenvalue weighted by atomic mass is 10.1. The summed E-state index contributed by atoms with van der Waals surface area (Å²) in [7, 11) is 0. The standard InChI is InChI=1S/C10H16N2OS/c1-7(11)9-5-13-10(12-9)4-8-2-3-14-6-8/h5,7-8H,2-4,6,11H2,1H3. The Balaban J connectivity index is 1.95. The highest BCUT2D eigenvalue weighted by Crippen LogP contribution is 2.26. The fourth-order valence-electron chi connectivity index (χ4n) is 1.62. The minimum absolute atomic E-state index is 0.0227. The van der Waals surface area contributed by atoms with Crippen LogP contribution in [0.25, 0.3) is 0 Å². The van der Waals surface area contributed by atoms with Crippen molar-refractivity contribution in [2.45, 2.75) is 25.8 Å². The monoisotopic (exact) mass is 212 g/mol. The maximum absolute atomic E-state index is 5.71. The first kappa shape index (κ1) is 10.1. The molecule has 0 aliphatic carbocycles. The second-order valence-electron chi connectivity index (χ2n) is 3.89. The Morgan fingerprint density at radius 2 is 2.64 bits per heavy atom. The Kier molecular flexibility index (Phi) is 3.13. The molecule has 0 radical (unpaired) electrons. The molecule has 0 amide bonds. The summed E-state index contributed by atoms with van der Waals surface area (Å²) in [5, 5.41) is 0. The van der Waals surface area contributed by atoms with Crippen LogP contribution in [0.3, 0.4) is 0 Å². The maximum atomic E-state index is 5.71. The summed E-state index contributed by atoms with van der Waals surface area (Å²) in [6.07, 6.45) is 3.95. The molecule has 2 heterocycles. The minimum atomic E-state index is -0.0227. The molecular weight excluding hydrogens is 196 g/mol. The van der Waals surface area contributed by atoms with Gasteiger partial charge >= 0.3 is 0 Å². The number of hydrogen-bond donors (Lipinski definition) is 1. The predicted octanol–water partition coefficient (Wildman–Crippen LogP) is 1.99. The second-order valence-corrected chi connectivity index (χ2v) is 5.04. The average molecular weight is 212 g/mol. The van der Waals surface area contributed by atoms with E-state index in [0.29, 0.717) is 0 Å². The molecule has 2 rings (SSSR count). The molecule has 0 aromatic carbocycles. The van der Waals surface area contributed by atoms with E-state index in [4.69, 9.17) is 10.2 Å². The Bertz CT molecular complexity index is 292. The molecule has 1 aliphatic heterocycles. The zero-order chi connectivity index (χ0) is 9.97. The third-order valence-corrected chi connectivity index (χ3v) is 3.75. The summed E-state index contributed by atoms with van der Waals surface area (Å²) >= 11 is 2.02. The molecule has 0 bridgehead atoms. The zero-order valence-electron chi connectivity index (χ0n) is 8.40. The average Bonchev–Trinajstić information content (AvgIpc) is 2.75. The number of rotatable bonds is 3. The van der Waals surface area contributed by atoms with E-state index in [1.165, 1.54) is 17.9 Å². The molecule has 1 aliphatic rings. The molecule has 1 aromatic heterocycles. The molecule has 1 aromatic rings. The van der Waals surface area contributed by atoms with Gasteiger partial charge in [0, 0.05) is 12.5 Å². The predicted molar refractivity (Wildman–Crippen MR) is 58.2 cm³/mol. The highest BCUT2D eigenvalue weighted by Gasteiger charge is 2.18. The van der Waals surface area contributed by atoms with Crippen LogP contribution in [0.2, 0.25) is 0 Å². The first-order chi connectivity index (χ1) is 6.75. The van der Waals surface area contributed by atoms with Crippen molar-refractivity contribution in [1.29, 1.82) is 0 Å². The van der Waals surface area contributed by atoms with Crippen LogP contribution in [0.4, 0.5) is 0 Å². The molecule has 2 unspecified atom stereocenters. The van der Waals surface area contributed by atoms with Crippen LogP contribution < -0.4 is 5.73 Å². The minimum Gasteiger partial charge on any atom is -0.449 e.